The van der Waals surface area contributed by atoms with Gasteiger partial charge in [0.1, 0.15) is 29.5 Å². The van der Waals surface area contributed by atoms with Gasteiger partial charge in [0, 0.05) is 18.0 Å². The van der Waals surface area contributed by atoms with Gasteiger partial charge in [0.15, 0.2) is 0 Å². The predicted octanol–water partition coefficient (Wildman–Crippen LogP) is 4.47. The normalized spacial score (nSPS) is 10.8. The Morgan fingerprint density at radius 1 is 1.33 bits per heavy atom. The van der Waals surface area contributed by atoms with Crippen LogP contribution in [0.4, 0.5) is 4.39 Å². The Hall–Kier alpha value is -2.53. The Kier molecular flexibility index (Phi) is 4.44. The number of ether oxygens (including phenoxy) is 1. The molecule has 0 aliphatic carbocycles. The van der Waals surface area contributed by atoms with Gasteiger partial charge in [-0.2, -0.15) is 0 Å². The molecule has 0 saturated carbocycles. The first-order valence-corrected chi connectivity index (χ1v) is 7.70. The number of fused-ring (bicyclic) bond motifs is 1. The third kappa shape index (κ3) is 2.95. The number of rotatable bonds is 4. The molecule has 0 saturated heterocycles. The maximum Gasteiger partial charge on any atom is 0.255 e. The van der Waals surface area contributed by atoms with Gasteiger partial charge in [-0.15, -0.1) is 0 Å². The van der Waals surface area contributed by atoms with Gasteiger partial charge in [-0.3, -0.25) is 4.79 Å². The number of amides is 1. The summed E-state index contributed by atoms with van der Waals surface area (Å²) in [4.78, 5) is 12.0. The van der Waals surface area contributed by atoms with E-state index in [1.807, 2.05) is 0 Å². The lowest BCUT2D eigenvalue weighted by molar-refractivity contribution is 0.0963. The molecule has 0 radical (unpaired) electrons. The quantitative estimate of drug-likeness (QED) is 0.757. The maximum absolute atomic E-state index is 13.8. The highest BCUT2D eigenvalue weighted by Crippen LogP contribution is 2.30. The van der Waals surface area contributed by atoms with Gasteiger partial charge in [-0.05, 0) is 37.3 Å². The second-order valence-corrected chi connectivity index (χ2v) is 5.67. The van der Waals surface area contributed by atoms with Crippen molar-refractivity contribution in [3.63, 3.8) is 0 Å². The second kappa shape index (κ2) is 6.53. The fourth-order valence-corrected chi connectivity index (χ4v) is 2.74. The molecule has 0 aliphatic heterocycles. The van der Waals surface area contributed by atoms with Crippen LogP contribution < -0.4 is 10.1 Å². The molecular formula is C18H15ClFNO3. The number of aryl methyl sites for hydroxylation is 1. The minimum absolute atomic E-state index is 0.0108. The minimum atomic E-state index is -0.422. The highest BCUT2D eigenvalue weighted by atomic mass is 35.5. The van der Waals surface area contributed by atoms with Crippen molar-refractivity contribution in [2.45, 2.75) is 13.5 Å². The molecule has 0 fully saturated rings. The van der Waals surface area contributed by atoms with Gasteiger partial charge in [0.05, 0.1) is 10.6 Å². The van der Waals surface area contributed by atoms with E-state index < -0.39 is 5.82 Å². The fourth-order valence-electron chi connectivity index (χ4n) is 2.52. The van der Waals surface area contributed by atoms with E-state index in [2.05, 4.69) is 5.32 Å². The van der Waals surface area contributed by atoms with Crippen LogP contribution in [0.5, 0.6) is 5.75 Å². The second-order valence-electron chi connectivity index (χ2n) is 5.26. The summed E-state index contributed by atoms with van der Waals surface area (Å²) in [6, 6.07) is 9.59. The van der Waals surface area contributed by atoms with Crippen molar-refractivity contribution >= 4 is 28.5 Å². The lowest BCUT2D eigenvalue weighted by Crippen LogP contribution is -2.18. The van der Waals surface area contributed by atoms with E-state index in [1.165, 1.54) is 12.1 Å². The molecule has 1 N–H and O–H groups in total. The number of furan rings is 1. The zero-order chi connectivity index (χ0) is 17.3. The molecule has 3 rings (SSSR count). The van der Waals surface area contributed by atoms with E-state index in [0.717, 1.165) is 0 Å². The van der Waals surface area contributed by atoms with Crippen LogP contribution in [-0.2, 0) is 6.61 Å². The number of benzene rings is 2. The van der Waals surface area contributed by atoms with Crippen LogP contribution in [0.1, 0.15) is 21.7 Å². The first-order chi connectivity index (χ1) is 11.5. The van der Waals surface area contributed by atoms with Crippen LogP contribution >= 0.6 is 11.6 Å². The summed E-state index contributed by atoms with van der Waals surface area (Å²) in [6.07, 6.45) is 0. The van der Waals surface area contributed by atoms with E-state index in [-0.39, 0.29) is 18.1 Å². The highest BCUT2D eigenvalue weighted by molar-refractivity contribution is 6.31. The van der Waals surface area contributed by atoms with Crippen molar-refractivity contribution in [2.24, 2.45) is 0 Å². The topological polar surface area (TPSA) is 51.5 Å². The van der Waals surface area contributed by atoms with Gasteiger partial charge in [0.2, 0.25) is 0 Å². The summed E-state index contributed by atoms with van der Waals surface area (Å²) in [6.45, 7) is 1.72. The molecule has 0 bridgehead atoms. The van der Waals surface area contributed by atoms with Crippen molar-refractivity contribution in [2.75, 3.05) is 7.05 Å². The SMILES string of the molecule is CNC(=O)c1c(C)oc2ccc(OCc3c(F)cccc3Cl)cc12. The van der Waals surface area contributed by atoms with Crippen LogP contribution in [0.3, 0.4) is 0 Å². The average molecular weight is 348 g/mol. The van der Waals surface area contributed by atoms with Gasteiger partial charge >= 0.3 is 0 Å². The first kappa shape index (κ1) is 16.3. The van der Waals surface area contributed by atoms with E-state index in [1.54, 1.807) is 38.2 Å². The molecule has 1 amide bonds. The van der Waals surface area contributed by atoms with Gasteiger partial charge in [-0.25, -0.2) is 4.39 Å². The van der Waals surface area contributed by atoms with E-state index in [4.69, 9.17) is 20.8 Å². The zero-order valence-electron chi connectivity index (χ0n) is 13.2. The van der Waals surface area contributed by atoms with E-state index >= 15 is 0 Å². The van der Waals surface area contributed by atoms with Crippen LogP contribution in [0.15, 0.2) is 40.8 Å². The summed E-state index contributed by atoms with van der Waals surface area (Å²) >= 11 is 5.99. The van der Waals surface area contributed by atoms with Crippen molar-refractivity contribution in [1.29, 1.82) is 0 Å². The minimum Gasteiger partial charge on any atom is -0.489 e. The van der Waals surface area contributed by atoms with Crippen LogP contribution in [-0.4, -0.2) is 13.0 Å². The standard InChI is InChI=1S/C18H15ClFNO3/c1-10-17(18(22)21-2)12-8-11(6-7-16(12)24-10)23-9-13-14(19)4-3-5-15(13)20/h3-8H,9H2,1-2H3,(H,21,22). The first-order valence-electron chi connectivity index (χ1n) is 7.32. The molecule has 24 heavy (non-hydrogen) atoms. The van der Waals surface area contributed by atoms with Crippen molar-refractivity contribution in [3.8, 4) is 5.75 Å². The fraction of sp³-hybridized carbons (Fsp3) is 0.167. The summed E-state index contributed by atoms with van der Waals surface area (Å²) in [5, 5.41) is 3.54. The molecule has 124 valence electrons. The molecule has 0 spiro atoms. The Labute approximate surface area is 143 Å². The summed E-state index contributed by atoms with van der Waals surface area (Å²) in [5.41, 5.74) is 1.33. The van der Waals surface area contributed by atoms with Gasteiger partial charge in [0.25, 0.3) is 5.91 Å². The van der Waals surface area contributed by atoms with Gasteiger partial charge < -0.3 is 14.5 Å². The van der Waals surface area contributed by atoms with Crippen molar-refractivity contribution in [3.05, 3.63) is 64.1 Å². The molecule has 1 aromatic heterocycles. The van der Waals surface area contributed by atoms with Gasteiger partial charge in [-0.1, -0.05) is 17.7 Å². The molecule has 0 aliphatic rings. The summed E-state index contributed by atoms with van der Waals surface area (Å²) < 4.78 is 25.0. The smallest absolute Gasteiger partial charge is 0.255 e. The number of carbonyl (C=O) groups is 1. The molecule has 0 atom stereocenters. The summed E-state index contributed by atoms with van der Waals surface area (Å²) in [7, 11) is 1.56. The Morgan fingerprint density at radius 3 is 2.83 bits per heavy atom. The number of carbonyl (C=O) groups excluding carboxylic acids is 1. The Bertz CT molecular complexity index is 900. The monoisotopic (exact) mass is 347 g/mol. The summed E-state index contributed by atoms with van der Waals surface area (Å²) in [5.74, 6) is 0.362. The largest absolute Gasteiger partial charge is 0.489 e. The lowest BCUT2D eigenvalue weighted by atomic mass is 10.1. The third-order valence-corrected chi connectivity index (χ3v) is 4.09. The van der Waals surface area contributed by atoms with E-state index in [0.29, 0.717) is 33.1 Å². The van der Waals surface area contributed by atoms with E-state index in [9.17, 15) is 9.18 Å². The number of hydrogen-bond donors (Lipinski definition) is 1. The molecule has 0 unspecified atom stereocenters. The number of halogens is 2. The molecule has 2 aromatic carbocycles. The molecular weight excluding hydrogens is 333 g/mol. The number of hydrogen-bond acceptors (Lipinski definition) is 3. The predicted molar refractivity (Wildman–Crippen MR) is 90.1 cm³/mol. The molecule has 1 heterocycles. The number of nitrogens with one attached hydrogen (secondary N) is 1. The molecule has 3 aromatic rings. The Balaban J connectivity index is 1.92. The highest BCUT2D eigenvalue weighted by Gasteiger charge is 2.18. The third-order valence-electron chi connectivity index (χ3n) is 3.73. The maximum atomic E-state index is 13.8. The van der Waals surface area contributed by atoms with Crippen molar-refractivity contribution in [1.82, 2.24) is 5.32 Å². The average Bonchev–Trinajstić information content (AvgIpc) is 2.89. The molecule has 6 heteroatoms. The molecule has 4 nitrogen and oxygen atoms in total. The lowest BCUT2D eigenvalue weighted by Gasteiger charge is -2.09. The van der Waals surface area contributed by atoms with Crippen LogP contribution in [0, 0.1) is 12.7 Å². The van der Waals surface area contributed by atoms with Crippen LogP contribution in [0.2, 0.25) is 5.02 Å². The van der Waals surface area contributed by atoms with Crippen LogP contribution in [0.25, 0.3) is 11.0 Å². The van der Waals surface area contributed by atoms with Crippen molar-refractivity contribution < 1.29 is 18.3 Å². The zero-order valence-corrected chi connectivity index (χ0v) is 13.9. The Morgan fingerprint density at radius 2 is 2.12 bits per heavy atom.